The third-order valence-corrected chi connectivity index (χ3v) is 3.79. The fourth-order valence-electron chi connectivity index (χ4n) is 2.54. The predicted octanol–water partition coefficient (Wildman–Crippen LogP) is 1.31. The van der Waals surface area contributed by atoms with Crippen LogP contribution in [-0.4, -0.2) is 53.8 Å². The monoisotopic (exact) mass is 294 g/mol. The van der Waals surface area contributed by atoms with Crippen LogP contribution in [0, 0.1) is 0 Å². The molecule has 1 aliphatic heterocycles. The molecular weight excluding hydrogens is 268 g/mol. The normalized spacial score (nSPS) is 18.0. The Morgan fingerprint density at radius 2 is 1.67 bits per heavy atom. The van der Waals surface area contributed by atoms with Crippen molar-refractivity contribution in [2.24, 2.45) is 0 Å². The Hall–Kier alpha value is -1.63. The number of nitrogen functional groups attached to an aromatic ring is 1. The molecule has 1 fully saturated rings. The van der Waals surface area contributed by atoms with E-state index in [0.717, 1.165) is 45.6 Å². The standard InChI is InChI=1S/C14H26N6O/c1-4-19(5-2)13-16-12(15)17-14(18-13)20(6-3)10-11-8-7-9-21-11/h11H,4-10H2,1-3H3,(H2,15,16,17,18). The van der Waals surface area contributed by atoms with Crippen molar-refractivity contribution in [3.8, 4) is 0 Å². The molecule has 2 rings (SSSR count). The molecule has 21 heavy (non-hydrogen) atoms. The highest BCUT2D eigenvalue weighted by Crippen LogP contribution is 2.19. The van der Waals surface area contributed by atoms with E-state index in [0.29, 0.717) is 11.9 Å². The van der Waals surface area contributed by atoms with Gasteiger partial charge in [0.15, 0.2) is 0 Å². The zero-order valence-corrected chi connectivity index (χ0v) is 13.2. The first-order valence-electron chi connectivity index (χ1n) is 7.80. The first-order chi connectivity index (χ1) is 10.2. The Labute approximate surface area is 126 Å². The molecule has 0 amide bonds. The minimum Gasteiger partial charge on any atom is -0.376 e. The highest BCUT2D eigenvalue weighted by molar-refractivity contribution is 5.43. The van der Waals surface area contributed by atoms with Crippen molar-refractivity contribution in [3.05, 3.63) is 0 Å². The van der Waals surface area contributed by atoms with E-state index in [1.807, 2.05) is 0 Å². The van der Waals surface area contributed by atoms with Gasteiger partial charge in [0.05, 0.1) is 6.10 Å². The Morgan fingerprint density at radius 3 is 2.19 bits per heavy atom. The van der Waals surface area contributed by atoms with Crippen LogP contribution >= 0.6 is 0 Å². The summed E-state index contributed by atoms with van der Waals surface area (Å²) in [5.41, 5.74) is 5.86. The molecule has 0 spiro atoms. The maximum Gasteiger partial charge on any atom is 0.232 e. The summed E-state index contributed by atoms with van der Waals surface area (Å²) in [7, 11) is 0. The van der Waals surface area contributed by atoms with E-state index in [2.05, 4.69) is 45.5 Å². The van der Waals surface area contributed by atoms with Gasteiger partial charge < -0.3 is 20.3 Å². The van der Waals surface area contributed by atoms with Crippen LogP contribution in [0.15, 0.2) is 0 Å². The maximum atomic E-state index is 5.86. The van der Waals surface area contributed by atoms with Crippen LogP contribution in [0.2, 0.25) is 0 Å². The molecule has 118 valence electrons. The van der Waals surface area contributed by atoms with E-state index in [9.17, 15) is 0 Å². The molecule has 1 aromatic rings. The molecule has 0 saturated carbocycles. The second-order valence-corrected chi connectivity index (χ2v) is 5.14. The summed E-state index contributed by atoms with van der Waals surface area (Å²) in [5, 5.41) is 0. The van der Waals surface area contributed by atoms with Crippen LogP contribution in [0.25, 0.3) is 0 Å². The largest absolute Gasteiger partial charge is 0.376 e. The molecule has 0 bridgehead atoms. The lowest BCUT2D eigenvalue weighted by Crippen LogP contribution is -2.34. The molecule has 1 unspecified atom stereocenters. The van der Waals surface area contributed by atoms with Gasteiger partial charge in [-0.3, -0.25) is 0 Å². The third kappa shape index (κ3) is 3.93. The third-order valence-electron chi connectivity index (χ3n) is 3.79. The van der Waals surface area contributed by atoms with E-state index in [-0.39, 0.29) is 12.1 Å². The maximum absolute atomic E-state index is 5.86. The van der Waals surface area contributed by atoms with Crippen molar-refractivity contribution in [2.75, 3.05) is 48.3 Å². The average Bonchev–Trinajstić information content (AvgIpc) is 2.98. The molecule has 1 saturated heterocycles. The second kappa shape index (κ2) is 7.40. The number of nitrogens with zero attached hydrogens (tertiary/aromatic N) is 5. The van der Waals surface area contributed by atoms with E-state index < -0.39 is 0 Å². The molecule has 7 nitrogen and oxygen atoms in total. The number of hydrogen-bond donors (Lipinski definition) is 1. The van der Waals surface area contributed by atoms with Crippen LogP contribution < -0.4 is 15.5 Å². The zero-order valence-electron chi connectivity index (χ0n) is 13.2. The first-order valence-corrected chi connectivity index (χ1v) is 7.80. The van der Waals surface area contributed by atoms with Gasteiger partial charge in [-0.15, -0.1) is 0 Å². The Kier molecular flexibility index (Phi) is 5.55. The predicted molar refractivity (Wildman–Crippen MR) is 84.7 cm³/mol. The summed E-state index contributed by atoms with van der Waals surface area (Å²) in [6.45, 7) is 10.4. The van der Waals surface area contributed by atoms with Gasteiger partial charge in [-0.25, -0.2) is 0 Å². The van der Waals surface area contributed by atoms with E-state index in [1.165, 1.54) is 0 Å². The SMILES string of the molecule is CCN(CC)c1nc(N)nc(N(CC)CC2CCCO2)n1. The molecule has 0 aromatic carbocycles. The van der Waals surface area contributed by atoms with Crippen molar-refractivity contribution in [2.45, 2.75) is 39.7 Å². The van der Waals surface area contributed by atoms with E-state index in [4.69, 9.17) is 10.5 Å². The lowest BCUT2D eigenvalue weighted by Gasteiger charge is -2.25. The number of ether oxygens (including phenoxy) is 1. The minimum absolute atomic E-state index is 0.264. The van der Waals surface area contributed by atoms with Gasteiger partial charge in [-0.1, -0.05) is 0 Å². The average molecular weight is 294 g/mol. The lowest BCUT2D eigenvalue weighted by atomic mass is 10.2. The Morgan fingerprint density at radius 1 is 1.05 bits per heavy atom. The van der Waals surface area contributed by atoms with E-state index >= 15 is 0 Å². The smallest absolute Gasteiger partial charge is 0.232 e. The fraction of sp³-hybridized carbons (Fsp3) is 0.786. The van der Waals surface area contributed by atoms with Gasteiger partial charge >= 0.3 is 0 Å². The number of hydrogen-bond acceptors (Lipinski definition) is 7. The van der Waals surface area contributed by atoms with Crippen molar-refractivity contribution in [1.82, 2.24) is 15.0 Å². The first kappa shape index (κ1) is 15.8. The van der Waals surface area contributed by atoms with Gasteiger partial charge in [0.1, 0.15) is 0 Å². The zero-order chi connectivity index (χ0) is 15.2. The molecule has 0 radical (unpaired) electrons. The molecule has 1 aliphatic rings. The number of anilines is 3. The highest BCUT2D eigenvalue weighted by atomic mass is 16.5. The summed E-state index contributed by atoms with van der Waals surface area (Å²) >= 11 is 0. The van der Waals surface area contributed by atoms with Gasteiger partial charge in [0.25, 0.3) is 0 Å². The van der Waals surface area contributed by atoms with Gasteiger partial charge in [0, 0.05) is 32.8 Å². The van der Waals surface area contributed by atoms with Crippen LogP contribution in [0.1, 0.15) is 33.6 Å². The van der Waals surface area contributed by atoms with Crippen LogP contribution in [-0.2, 0) is 4.74 Å². The minimum atomic E-state index is 0.264. The molecule has 2 N–H and O–H groups in total. The molecule has 0 aliphatic carbocycles. The van der Waals surface area contributed by atoms with Crippen LogP contribution in [0.5, 0.6) is 0 Å². The highest BCUT2D eigenvalue weighted by Gasteiger charge is 2.21. The summed E-state index contributed by atoms with van der Waals surface area (Å²) in [5.74, 6) is 1.56. The summed E-state index contributed by atoms with van der Waals surface area (Å²) in [4.78, 5) is 17.3. The number of aromatic nitrogens is 3. The van der Waals surface area contributed by atoms with Crippen LogP contribution in [0.3, 0.4) is 0 Å². The Bertz CT molecular complexity index is 445. The second-order valence-electron chi connectivity index (χ2n) is 5.14. The number of likely N-dealkylation sites (N-methyl/N-ethyl adjacent to an activating group) is 1. The molecule has 7 heteroatoms. The number of rotatable bonds is 7. The molecular formula is C14H26N6O. The summed E-state index contributed by atoms with van der Waals surface area (Å²) < 4.78 is 5.70. The molecule has 1 atom stereocenters. The number of nitrogens with two attached hydrogens (primary N) is 1. The summed E-state index contributed by atoms with van der Waals surface area (Å²) in [6.07, 6.45) is 2.49. The van der Waals surface area contributed by atoms with E-state index in [1.54, 1.807) is 0 Å². The van der Waals surface area contributed by atoms with Crippen LogP contribution in [0.4, 0.5) is 17.8 Å². The van der Waals surface area contributed by atoms with Gasteiger partial charge in [-0.2, -0.15) is 15.0 Å². The topological polar surface area (TPSA) is 80.4 Å². The Balaban J connectivity index is 2.19. The van der Waals surface area contributed by atoms with Crippen molar-refractivity contribution in [1.29, 1.82) is 0 Å². The fourth-order valence-corrected chi connectivity index (χ4v) is 2.54. The van der Waals surface area contributed by atoms with Gasteiger partial charge in [0.2, 0.25) is 17.8 Å². The van der Waals surface area contributed by atoms with Crippen molar-refractivity contribution >= 4 is 17.8 Å². The van der Waals surface area contributed by atoms with Crippen molar-refractivity contribution in [3.63, 3.8) is 0 Å². The quantitative estimate of drug-likeness (QED) is 0.812. The molecule has 1 aromatic heterocycles. The van der Waals surface area contributed by atoms with Gasteiger partial charge in [-0.05, 0) is 33.6 Å². The molecule has 2 heterocycles. The lowest BCUT2D eigenvalue weighted by molar-refractivity contribution is 0.115. The van der Waals surface area contributed by atoms with Crippen molar-refractivity contribution < 1.29 is 4.74 Å². The summed E-state index contributed by atoms with van der Waals surface area (Å²) in [6, 6.07) is 0.